The van der Waals surface area contributed by atoms with Crippen molar-refractivity contribution in [1.82, 2.24) is 0 Å². The Labute approximate surface area is 93.8 Å². The van der Waals surface area contributed by atoms with E-state index in [4.69, 9.17) is 11.6 Å². The number of carbonyl (C=O) groups excluding carboxylic acids is 1. The van der Waals surface area contributed by atoms with Gasteiger partial charge in [-0.2, -0.15) is 0 Å². The summed E-state index contributed by atoms with van der Waals surface area (Å²) in [6, 6.07) is 2.78. The topological polar surface area (TPSA) is 37.3 Å². The summed E-state index contributed by atoms with van der Waals surface area (Å²) in [4.78, 5) is 10.5. The number of benzene rings is 1. The molecule has 0 aliphatic carbocycles. The zero-order valence-electron chi connectivity index (χ0n) is 7.22. The van der Waals surface area contributed by atoms with Crippen LogP contribution in [0.2, 0.25) is 5.02 Å². The Morgan fingerprint density at radius 1 is 1.64 bits per heavy atom. The summed E-state index contributed by atoms with van der Waals surface area (Å²) < 4.78 is 13.8. The van der Waals surface area contributed by atoms with E-state index in [-0.39, 0.29) is 16.9 Å². The minimum Gasteiger partial charge on any atom is -0.378 e. The molecule has 0 aromatic heterocycles. The largest absolute Gasteiger partial charge is 0.378 e. The quantitative estimate of drug-likeness (QED) is 0.668. The minimum absolute atomic E-state index is 0.138. The molecule has 0 heterocycles. The molecular formula is C9H7BrClFO2. The lowest BCUT2D eigenvalue weighted by Crippen LogP contribution is -2.24. The van der Waals surface area contributed by atoms with Gasteiger partial charge in [0.05, 0.1) is 5.02 Å². The maximum atomic E-state index is 13.5. The van der Waals surface area contributed by atoms with Gasteiger partial charge in [0.25, 0.3) is 0 Å². The number of hydrogen-bond donors (Lipinski definition) is 1. The first kappa shape index (κ1) is 11.6. The van der Waals surface area contributed by atoms with E-state index in [1.165, 1.54) is 19.1 Å². The zero-order chi connectivity index (χ0) is 10.9. The van der Waals surface area contributed by atoms with Crippen molar-refractivity contribution in [2.24, 2.45) is 0 Å². The van der Waals surface area contributed by atoms with E-state index < -0.39 is 11.4 Å². The van der Waals surface area contributed by atoms with Gasteiger partial charge < -0.3 is 5.11 Å². The summed E-state index contributed by atoms with van der Waals surface area (Å²) in [5.41, 5.74) is -1.99. The third-order valence-corrected chi connectivity index (χ3v) is 3.07. The van der Waals surface area contributed by atoms with E-state index in [1.54, 1.807) is 0 Å². The van der Waals surface area contributed by atoms with Crippen LogP contribution in [0.25, 0.3) is 0 Å². The number of carbonyl (C=O) groups is 1. The molecule has 0 amide bonds. The second kappa shape index (κ2) is 3.96. The summed E-state index contributed by atoms with van der Waals surface area (Å²) in [7, 11) is 0. The molecule has 0 aliphatic heterocycles. The molecule has 1 rings (SSSR count). The van der Waals surface area contributed by atoms with E-state index >= 15 is 0 Å². The van der Waals surface area contributed by atoms with Crippen molar-refractivity contribution < 1.29 is 14.3 Å². The fraction of sp³-hybridized carbons (Fsp3) is 0.222. The van der Waals surface area contributed by atoms with Gasteiger partial charge in [-0.25, -0.2) is 4.39 Å². The SMILES string of the molecule is CC(O)(C=O)c1ccc(Br)c(Cl)c1F. The Morgan fingerprint density at radius 2 is 2.21 bits per heavy atom. The van der Waals surface area contributed by atoms with Crippen molar-refractivity contribution in [3.05, 3.63) is 33.0 Å². The van der Waals surface area contributed by atoms with Crippen LogP contribution in [0.3, 0.4) is 0 Å². The van der Waals surface area contributed by atoms with Gasteiger partial charge in [-0.3, -0.25) is 4.79 Å². The van der Waals surface area contributed by atoms with Crippen molar-refractivity contribution in [2.75, 3.05) is 0 Å². The highest BCUT2D eigenvalue weighted by Gasteiger charge is 2.27. The molecule has 0 aliphatic rings. The highest BCUT2D eigenvalue weighted by molar-refractivity contribution is 9.10. The Bertz CT molecular complexity index is 379. The van der Waals surface area contributed by atoms with E-state index in [1.807, 2.05) is 0 Å². The molecule has 1 N–H and O–H groups in total. The van der Waals surface area contributed by atoms with Gasteiger partial charge in [0.1, 0.15) is 11.4 Å². The fourth-order valence-corrected chi connectivity index (χ4v) is 1.45. The van der Waals surface area contributed by atoms with Crippen LogP contribution >= 0.6 is 27.5 Å². The van der Waals surface area contributed by atoms with Gasteiger partial charge in [0, 0.05) is 10.0 Å². The van der Waals surface area contributed by atoms with E-state index in [9.17, 15) is 14.3 Å². The second-order valence-corrected chi connectivity index (χ2v) is 4.22. The standard InChI is InChI=1S/C9H7BrClFO2/c1-9(14,4-13)5-2-3-6(10)7(11)8(5)12/h2-4,14H,1H3. The lowest BCUT2D eigenvalue weighted by molar-refractivity contribution is -0.123. The molecule has 0 saturated heterocycles. The minimum atomic E-state index is -1.85. The van der Waals surface area contributed by atoms with Crippen LogP contribution in [-0.2, 0) is 10.4 Å². The van der Waals surface area contributed by atoms with Crippen LogP contribution in [0.4, 0.5) is 4.39 Å². The molecule has 2 nitrogen and oxygen atoms in total. The molecule has 0 spiro atoms. The average Bonchev–Trinajstić information content (AvgIpc) is 2.14. The lowest BCUT2D eigenvalue weighted by Gasteiger charge is -2.17. The molecule has 1 aromatic carbocycles. The predicted molar refractivity (Wildman–Crippen MR) is 54.7 cm³/mol. The van der Waals surface area contributed by atoms with Crippen LogP contribution in [0, 0.1) is 5.82 Å². The van der Waals surface area contributed by atoms with E-state index in [0.717, 1.165) is 0 Å². The fourth-order valence-electron chi connectivity index (χ4n) is 0.980. The molecule has 0 radical (unpaired) electrons. The van der Waals surface area contributed by atoms with Crippen molar-refractivity contribution >= 4 is 33.8 Å². The number of halogens is 3. The van der Waals surface area contributed by atoms with Crippen molar-refractivity contribution in [2.45, 2.75) is 12.5 Å². The third-order valence-electron chi connectivity index (χ3n) is 1.81. The summed E-state index contributed by atoms with van der Waals surface area (Å²) in [5, 5.41) is 9.36. The van der Waals surface area contributed by atoms with Gasteiger partial charge >= 0.3 is 0 Å². The molecule has 1 unspecified atom stereocenters. The molecule has 5 heteroatoms. The first-order chi connectivity index (χ1) is 6.40. The molecule has 0 fully saturated rings. The van der Waals surface area contributed by atoms with Crippen LogP contribution in [0.5, 0.6) is 0 Å². The van der Waals surface area contributed by atoms with Gasteiger partial charge in [-0.05, 0) is 28.9 Å². The van der Waals surface area contributed by atoms with Gasteiger partial charge in [0.15, 0.2) is 6.29 Å². The van der Waals surface area contributed by atoms with E-state index in [2.05, 4.69) is 15.9 Å². The Balaban J connectivity index is 3.38. The second-order valence-electron chi connectivity index (χ2n) is 2.99. The number of aliphatic hydroxyl groups is 1. The summed E-state index contributed by atoms with van der Waals surface area (Å²) >= 11 is 8.62. The molecule has 0 saturated carbocycles. The first-order valence-corrected chi connectivity index (χ1v) is 4.90. The monoisotopic (exact) mass is 280 g/mol. The number of aldehydes is 1. The summed E-state index contributed by atoms with van der Waals surface area (Å²) in [5.74, 6) is -0.793. The van der Waals surface area contributed by atoms with Crippen molar-refractivity contribution in [1.29, 1.82) is 0 Å². The molecule has 14 heavy (non-hydrogen) atoms. The predicted octanol–water partition coefficient (Wildman–Crippen LogP) is 2.65. The zero-order valence-corrected chi connectivity index (χ0v) is 9.56. The Kier molecular flexibility index (Phi) is 3.29. The third kappa shape index (κ3) is 1.97. The van der Waals surface area contributed by atoms with Gasteiger partial charge in [-0.15, -0.1) is 0 Å². The Morgan fingerprint density at radius 3 is 2.71 bits per heavy atom. The van der Waals surface area contributed by atoms with Gasteiger partial charge in [-0.1, -0.05) is 17.7 Å². The molecule has 1 aromatic rings. The number of rotatable bonds is 2. The van der Waals surface area contributed by atoms with Crippen molar-refractivity contribution in [3.8, 4) is 0 Å². The highest BCUT2D eigenvalue weighted by Crippen LogP contribution is 2.31. The maximum absolute atomic E-state index is 13.5. The summed E-state index contributed by atoms with van der Waals surface area (Å²) in [6.07, 6.45) is 0.260. The van der Waals surface area contributed by atoms with Crippen molar-refractivity contribution in [3.63, 3.8) is 0 Å². The average molecular weight is 282 g/mol. The lowest BCUT2D eigenvalue weighted by atomic mass is 9.97. The summed E-state index contributed by atoms with van der Waals surface area (Å²) in [6.45, 7) is 1.20. The van der Waals surface area contributed by atoms with Crippen LogP contribution < -0.4 is 0 Å². The number of hydrogen-bond acceptors (Lipinski definition) is 2. The normalized spacial score (nSPS) is 14.9. The van der Waals surface area contributed by atoms with Crippen LogP contribution in [0.1, 0.15) is 12.5 Å². The van der Waals surface area contributed by atoms with Gasteiger partial charge in [0.2, 0.25) is 0 Å². The Hall–Kier alpha value is -0.450. The maximum Gasteiger partial charge on any atom is 0.155 e. The highest BCUT2D eigenvalue weighted by atomic mass is 79.9. The van der Waals surface area contributed by atoms with E-state index in [0.29, 0.717) is 4.47 Å². The molecule has 76 valence electrons. The molecule has 0 bridgehead atoms. The molecular weight excluding hydrogens is 274 g/mol. The molecule has 1 atom stereocenters. The smallest absolute Gasteiger partial charge is 0.155 e. The van der Waals surface area contributed by atoms with Crippen LogP contribution in [0.15, 0.2) is 16.6 Å². The first-order valence-electron chi connectivity index (χ1n) is 3.73. The van der Waals surface area contributed by atoms with Crippen LogP contribution in [-0.4, -0.2) is 11.4 Å².